The van der Waals surface area contributed by atoms with Crippen molar-refractivity contribution < 1.29 is 51.1 Å². The smallest absolute Gasteiger partial charge is 0.378 e. The van der Waals surface area contributed by atoms with Gasteiger partial charge in [0, 0.05) is 6.54 Å². The molecule has 188 valence electrons. The zero-order valence-electron chi connectivity index (χ0n) is 18.4. The summed E-state index contributed by atoms with van der Waals surface area (Å²) < 4.78 is 76.4. The van der Waals surface area contributed by atoms with E-state index in [0.29, 0.717) is 46.2 Å². The molecule has 2 rings (SSSR count). The largest absolute Gasteiger partial charge is 0.471 e. The van der Waals surface area contributed by atoms with Crippen molar-refractivity contribution >= 4 is 5.91 Å². The van der Waals surface area contributed by atoms with Crippen LogP contribution in [0.1, 0.15) is 13.8 Å². The molecule has 0 radical (unpaired) electrons. The van der Waals surface area contributed by atoms with Gasteiger partial charge >= 0.3 is 12.1 Å². The van der Waals surface area contributed by atoms with Gasteiger partial charge in [-0.25, -0.2) is 0 Å². The van der Waals surface area contributed by atoms with Gasteiger partial charge in [0.2, 0.25) is 0 Å². The molecule has 32 heavy (non-hydrogen) atoms. The van der Waals surface area contributed by atoms with E-state index < -0.39 is 42.2 Å². The molecule has 0 unspecified atom stereocenters. The Morgan fingerprint density at radius 2 is 1.50 bits per heavy atom. The number of nitrogens with one attached hydrogen (secondary N) is 1. The lowest BCUT2D eigenvalue weighted by atomic mass is 9.98. The number of carbonyl (C=O) groups excluding carboxylic acids is 1. The number of fused-ring (bicyclic) bond motifs is 1. The second-order valence-electron chi connectivity index (χ2n) is 7.71. The molecule has 10 nitrogen and oxygen atoms in total. The second kappa shape index (κ2) is 13.0. The summed E-state index contributed by atoms with van der Waals surface area (Å²) in [4.78, 5) is 11.3. The van der Waals surface area contributed by atoms with E-state index in [9.17, 15) is 18.0 Å². The first kappa shape index (κ1) is 27.2. The number of ether oxygens (including phenoxy) is 7. The molecule has 0 spiro atoms. The lowest BCUT2D eigenvalue weighted by Gasteiger charge is -2.37. The summed E-state index contributed by atoms with van der Waals surface area (Å²) in [6.45, 7) is 6.64. The number of amides is 1. The van der Waals surface area contributed by atoms with Gasteiger partial charge in [-0.05, 0) is 13.8 Å². The Morgan fingerprint density at radius 1 is 0.969 bits per heavy atom. The maximum atomic E-state index is 12.6. The molecule has 2 aliphatic rings. The molecule has 2 fully saturated rings. The highest BCUT2D eigenvalue weighted by Gasteiger charge is 2.53. The van der Waals surface area contributed by atoms with Crippen LogP contribution in [0.4, 0.5) is 13.2 Å². The lowest BCUT2D eigenvalue weighted by Crippen LogP contribution is -2.60. The van der Waals surface area contributed by atoms with Crippen LogP contribution in [0.3, 0.4) is 0 Å². The summed E-state index contributed by atoms with van der Waals surface area (Å²) in [7, 11) is 0. The van der Waals surface area contributed by atoms with E-state index in [1.54, 1.807) is 13.8 Å². The Morgan fingerprint density at radius 3 is 2.06 bits per heavy atom. The number of rotatable bonds is 14. The van der Waals surface area contributed by atoms with Crippen LogP contribution >= 0.6 is 0 Å². The van der Waals surface area contributed by atoms with Crippen LogP contribution < -0.4 is 11.1 Å². The molecule has 0 aliphatic carbocycles. The van der Waals surface area contributed by atoms with E-state index >= 15 is 0 Å². The molecule has 0 bridgehead atoms. The van der Waals surface area contributed by atoms with E-state index in [2.05, 4.69) is 0 Å². The molecule has 2 heterocycles. The molecule has 3 N–H and O–H groups in total. The average Bonchev–Trinajstić information content (AvgIpc) is 3.05. The maximum absolute atomic E-state index is 12.6. The minimum atomic E-state index is -4.99. The van der Waals surface area contributed by atoms with Crippen molar-refractivity contribution in [1.82, 2.24) is 5.32 Å². The predicted molar refractivity (Wildman–Crippen MR) is 104 cm³/mol. The summed E-state index contributed by atoms with van der Waals surface area (Å²) in [6.07, 6.45) is -7.03. The quantitative estimate of drug-likeness (QED) is 0.335. The molecular formula is C19H33F3N2O8. The molecule has 0 saturated carbocycles. The van der Waals surface area contributed by atoms with Gasteiger partial charge in [0.25, 0.3) is 0 Å². The molecule has 0 aromatic rings. The summed E-state index contributed by atoms with van der Waals surface area (Å²) in [5.41, 5.74) is 5.30. The monoisotopic (exact) mass is 474 g/mol. The fourth-order valence-electron chi connectivity index (χ4n) is 3.29. The summed E-state index contributed by atoms with van der Waals surface area (Å²) in [6, 6.07) is -0.990. The zero-order chi connectivity index (χ0) is 23.6. The minimum absolute atomic E-state index is 0.138. The minimum Gasteiger partial charge on any atom is -0.378 e. The summed E-state index contributed by atoms with van der Waals surface area (Å²) >= 11 is 0. The fraction of sp³-hybridized carbons (Fsp3) is 0.947. The van der Waals surface area contributed by atoms with E-state index in [1.165, 1.54) is 0 Å². The number of halogens is 3. The first-order valence-corrected chi connectivity index (χ1v) is 10.5. The van der Waals surface area contributed by atoms with Gasteiger partial charge in [0.15, 0.2) is 5.79 Å². The topological polar surface area (TPSA) is 120 Å². The van der Waals surface area contributed by atoms with Gasteiger partial charge in [-0.15, -0.1) is 0 Å². The Bertz CT molecular complexity index is 567. The number of carbonyl (C=O) groups is 1. The Kier molecular flexibility index (Phi) is 11.0. The molecule has 0 aromatic heterocycles. The van der Waals surface area contributed by atoms with E-state index in [-0.39, 0.29) is 19.8 Å². The SMILES string of the molecule is CC1(C)O[C@@H]2[C@H](O1)[C@@H](NC(=O)C(F)(F)F)CO[C@@H]2COCCOCCOCCOCCN. The van der Waals surface area contributed by atoms with Gasteiger partial charge in [0.05, 0.1) is 65.5 Å². The van der Waals surface area contributed by atoms with Crippen LogP contribution in [0.2, 0.25) is 0 Å². The summed E-state index contributed by atoms with van der Waals surface area (Å²) in [5.74, 6) is -3.07. The van der Waals surface area contributed by atoms with Crippen LogP contribution in [0.5, 0.6) is 0 Å². The van der Waals surface area contributed by atoms with Crippen LogP contribution in [-0.2, 0) is 38.0 Å². The normalized spacial score (nSPS) is 27.3. The van der Waals surface area contributed by atoms with Crippen molar-refractivity contribution in [2.75, 3.05) is 66.0 Å². The molecule has 1 amide bonds. The highest BCUT2D eigenvalue weighted by atomic mass is 19.4. The van der Waals surface area contributed by atoms with Gasteiger partial charge in [-0.2, -0.15) is 13.2 Å². The maximum Gasteiger partial charge on any atom is 0.471 e. The number of hydrogen-bond donors (Lipinski definition) is 2. The van der Waals surface area contributed by atoms with Crippen molar-refractivity contribution in [1.29, 1.82) is 0 Å². The number of nitrogens with two attached hydrogens (primary N) is 1. The Hall–Kier alpha value is -1.06. The molecule has 2 saturated heterocycles. The van der Waals surface area contributed by atoms with Crippen molar-refractivity contribution in [3.05, 3.63) is 0 Å². The highest BCUT2D eigenvalue weighted by Crippen LogP contribution is 2.35. The van der Waals surface area contributed by atoms with Gasteiger partial charge < -0.3 is 44.2 Å². The zero-order valence-corrected chi connectivity index (χ0v) is 18.4. The standard InChI is InChI=1S/C19H33F3N2O8/c1-18(2)31-15-13(24-17(25)19(20,21)22)11-30-14(16(15)32-18)12-29-10-9-28-8-7-27-6-5-26-4-3-23/h13-16H,3-12,23H2,1-2H3,(H,24,25)/t13-,14+,15+,16-/m0/s1. The Balaban J connectivity index is 1.64. The number of hydrogen-bond acceptors (Lipinski definition) is 9. The van der Waals surface area contributed by atoms with Crippen molar-refractivity contribution in [2.45, 2.75) is 50.2 Å². The molecule has 2 aliphatic heterocycles. The third kappa shape index (κ3) is 9.06. The van der Waals surface area contributed by atoms with Crippen LogP contribution in [-0.4, -0.2) is 108 Å². The lowest BCUT2D eigenvalue weighted by molar-refractivity contribution is -0.179. The van der Waals surface area contributed by atoms with Gasteiger partial charge in [-0.3, -0.25) is 4.79 Å². The summed E-state index contributed by atoms with van der Waals surface area (Å²) in [5, 5.41) is 1.92. The number of alkyl halides is 3. The average molecular weight is 474 g/mol. The van der Waals surface area contributed by atoms with Crippen molar-refractivity contribution in [2.24, 2.45) is 5.73 Å². The highest BCUT2D eigenvalue weighted by molar-refractivity contribution is 5.82. The molecular weight excluding hydrogens is 441 g/mol. The molecule has 0 aromatic carbocycles. The van der Waals surface area contributed by atoms with Crippen LogP contribution in [0.15, 0.2) is 0 Å². The van der Waals surface area contributed by atoms with Crippen LogP contribution in [0.25, 0.3) is 0 Å². The predicted octanol–water partition coefficient (Wildman–Crippen LogP) is -0.0225. The first-order valence-electron chi connectivity index (χ1n) is 10.5. The molecule has 13 heteroatoms. The van der Waals surface area contributed by atoms with Crippen LogP contribution in [0, 0.1) is 0 Å². The van der Waals surface area contributed by atoms with E-state index in [1.807, 2.05) is 5.32 Å². The van der Waals surface area contributed by atoms with Gasteiger partial charge in [-0.1, -0.05) is 0 Å². The van der Waals surface area contributed by atoms with Crippen molar-refractivity contribution in [3.8, 4) is 0 Å². The first-order chi connectivity index (χ1) is 15.1. The van der Waals surface area contributed by atoms with Crippen molar-refractivity contribution in [3.63, 3.8) is 0 Å². The Labute approximate surface area is 185 Å². The van der Waals surface area contributed by atoms with E-state index in [0.717, 1.165) is 0 Å². The second-order valence-corrected chi connectivity index (χ2v) is 7.71. The van der Waals surface area contributed by atoms with Gasteiger partial charge in [0.1, 0.15) is 18.3 Å². The third-order valence-electron chi connectivity index (χ3n) is 4.65. The molecule has 4 atom stereocenters. The third-order valence-corrected chi connectivity index (χ3v) is 4.65. The van der Waals surface area contributed by atoms with E-state index in [4.69, 9.17) is 38.9 Å². The fourth-order valence-corrected chi connectivity index (χ4v) is 3.29.